The van der Waals surface area contributed by atoms with Gasteiger partial charge in [-0.3, -0.25) is 4.79 Å². The fraction of sp³-hybridized carbons (Fsp3) is 0.176. The number of methoxy groups -OCH3 is 1. The number of carbonyl (C=O) groups excluding carboxylic acids is 1. The molecule has 0 fully saturated rings. The molecular formula is C17H14ClN3O4. The predicted molar refractivity (Wildman–Crippen MR) is 91.3 cm³/mol. The molecule has 25 heavy (non-hydrogen) atoms. The molecule has 0 aliphatic rings. The van der Waals surface area contributed by atoms with Crippen LogP contribution in [0.2, 0.25) is 5.15 Å². The van der Waals surface area contributed by atoms with Crippen molar-refractivity contribution in [2.24, 2.45) is 0 Å². The average molecular weight is 360 g/mol. The maximum Gasteiger partial charge on any atom is 0.377 e. The van der Waals surface area contributed by atoms with Gasteiger partial charge in [0.1, 0.15) is 5.75 Å². The van der Waals surface area contributed by atoms with E-state index in [2.05, 4.69) is 10.2 Å². The molecular weight excluding hydrogens is 346 g/mol. The summed E-state index contributed by atoms with van der Waals surface area (Å²) in [5.74, 6) is -1.93. The van der Waals surface area contributed by atoms with Crippen LogP contribution in [0, 0.1) is 6.92 Å². The molecule has 1 aromatic carbocycles. The molecule has 2 aromatic heterocycles. The van der Waals surface area contributed by atoms with Crippen LogP contribution in [-0.2, 0) is 11.3 Å². The van der Waals surface area contributed by atoms with E-state index in [1.54, 1.807) is 37.3 Å². The van der Waals surface area contributed by atoms with Crippen molar-refractivity contribution in [3.05, 3.63) is 52.4 Å². The van der Waals surface area contributed by atoms with Gasteiger partial charge >= 0.3 is 5.97 Å². The van der Waals surface area contributed by atoms with Crippen molar-refractivity contribution >= 4 is 34.3 Å². The number of nitrogens with zero attached hydrogens (tertiary/aromatic N) is 3. The highest BCUT2D eigenvalue weighted by molar-refractivity contribution is 6.42. The number of hydrogen-bond acceptors (Lipinski definition) is 5. The van der Waals surface area contributed by atoms with Gasteiger partial charge in [-0.25, -0.2) is 4.79 Å². The smallest absolute Gasteiger partial charge is 0.377 e. The lowest BCUT2D eigenvalue weighted by atomic mass is 10.1. The molecule has 7 nitrogen and oxygen atoms in total. The molecule has 0 aliphatic carbocycles. The molecule has 3 aromatic rings. The van der Waals surface area contributed by atoms with E-state index in [0.717, 1.165) is 0 Å². The number of rotatable bonds is 5. The first-order valence-electron chi connectivity index (χ1n) is 7.35. The second-order valence-electron chi connectivity index (χ2n) is 5.41. The van der Waals surface area contributed by atoms with E-state index in [-0.39, 0.29) is 10.7 Å². The van der Waals surface area contributed by atoms with Crippen LogP contribution in [0.1, 0.15) is 21.7 Å². The van der Waals surface area contributed by atoms with E-state index in [9.17, 15) is 9.59 Å². The van der Waals surface area contributed by atoms with Crippen LogP contribution >= 0.6 is 11.6 Å². The van der Waals surface area contributed by atoms with Crippen molar-refractivity contribution in [3.63, 3.8) is 0 Å². The molecule has 0 radical (unpaired) electrons. The van der Waals surface area contributed by atoms with Crippen LogP contribution in [0.4, 0.5) is 0 Å². The first kappa shape index (κ1) is 16.9. The fourth-order valence-electron chi connectivity index (χ4n) is 2.78. The molecule has 2 heterocycles. The van der Waals surface area contributed by atoms with Crippen molar-refractivity contribution in [3.8, 4) is 5.75 Å². The van der Waals surface area contributed by atoms with Gasteiger partial charge in [-0.2, -0.15) is 5.10 Å². The molecule has 0 spiro atoms. The first-order chi connectivity index (χ1) is 11.9. The van der Waals surface area contributed by atoms with Gasteiger partial charge in [0.15, 0.2) is 5.15 Å². The highest BCUT2D eigenvalue weighted by Gasteiger charge is 2.25. The van der Waals surface area contributed by atoms with E-state index in [0.29, 0.717) is 34.6 Å². The predicted octanol–water partition coefficient (Wildman–Crippen LogP) is 2.72. The number of aliphatic carboxylic acids is 1. The van der Waals surface area contributed by atoms with E-state index in [1.165, 1.54) is 7.11 Å². The maximum absolute atomic E-state index is 12.2. The van der Waals surface area contributed by atoms with E-state index >= 15 is 0 Å². The Labute approximate surface area is 147 Å². The monoisotopic (exact) mass is 359 g/mol. The third-order valence-electron chi connectivity index (χ3n) is 3.96. The zero-order chi connectivity index (χ0) is 18.1. The van der Waals surface area contributed by atoms with Crippen LogP contribution in [0.3, 0.4) is 0 Å². The summed E-state index contributed by atoms with van der Waals surface area (Å²) >= 11 is 5.75. The Balaban J connectivity index is 2.21. The van der Waals surface area contributed by atoms with Crippen LogP contribution in [0.5, 0.6) is 5.75 Å². The van der Waals surface area contributed by atoms with Crippen LogP contribution in [0.15, 0.2) is 30.3 Å². The molecule has 128 valence electrons. The molecule has 0 atom stereocenters. The lowest BCUT2D eigenvalue weighted by Crippen LogP contribution is -2.14. The molecule has 0 saturated carbocycles. The van der Waals surface area contributed by atoms with Gasteiger partial charge in [-0.05, 0) is 37.3 Å². The standard InChI is InChI=1S/C17H14ClN3O4/c1-9-15(16(22)17(23)24)12-7-11(25-2)4-5-13(12)21(9)8-10-3-6-14(18)20-19-10/h3-7H,8H2,1-2H3,(H,23,24). The number of hydrogen-bond donors (Lipinski definition) is 1. The molecule has 0 unspecified atom stereocenters. The number of ketones is 1. The van der Waals surface area contributed by atoms with E-state index in [4.69, 9.17) is 21.4 Å². The topological polar surface area (TPSA) is 94.3 Å². The maximum atomic E-state index is 12.2. The second-order valence-corrected chi connectivity index (χ2v) is 5.80. The zero-order valence-corrected chi connectivity index (χ0v) is 14.2. The number of halogens is 1. The molecule has 0 aliphatic heterocycles. The molecule has 0 saturated heterocycles. The third kappa shape index (κ3) is 3.06. The summed E-state index contributed by atoms with van der Waals surface area (Å²) in [7, 11) is 1.51. The second kappa shape index (κ2) is 6.52. The van der Waals surface area contributed by atoms with Gasteiger partial charge in [0.2, 0.25) is 0 Å². The van der Waals surface area contributed by atoms with Gasteiger partial charge in [0.05, 0.1) is 24.9 Å². The fourth-order valence-corrected chi connectivity index (χ4v) is 2.88. The summed E-state index contributed by atoms with van der Waals surface area (Å²) in [6.07, 6.45) is 0. The largest absolute Gasteiger partial charge is 0.497 e. The van der Waals surface area contributed by atoms with Crippen LogP contribution < -0.4 is 4.74 Å². The van der Waals surface area contributed by atoms with Crippen molar-refractivity contribution in [2.75, 3.05) is 7.11 Å². The molecule has 3 rings (SSSR count). The Morgan fingerprint density at radius 3 is 2.60 bits per heavy atom. The van der Waals surface area contributed by atoms with Gasteiger partial charge in [-0.15, -0.1) is 5.10 Å². The Bertz CT molecular complexity index is 980. The Morgan fingerprint density at radius 1 is 1.24 bits per heavy atom. The third-order valence-corrected chi connectivity index (χ3v) is 4.16. The van der Waals surface area contributed by atoms with Crippen molar-refractivity contribution in [1.29, 1.82) is 0 Å². The molecule has 1 N–H and O–H groups in total. The Morgan fingerprint density at radius 2 is 2.00 bits per heavy atom. The number of carbonyl (C=O) groups is 2. The molecule has 8 heteroatoms. The zero-order valence-electron chi connectivity index (χ0n) is 13.5. The lowest BCUT2D eigenvalue weighted by Gasteiger charge is -2.08. The number of ether oxygens (including phenoxy) is 1. The van der Waals surface area contributed by atoms with Crippen molar-refractivity contribution < 1.29 is 19.4 Å². The van der Waals surface area contributed by atoms with Gasteiger partial charge < -0.3 is 14.4 Å². The minimum atomic E-state index is -1.50. The van der Waals surface area contributed by atoms with Crippen molar-refractivity contribution in [2.45, 2.75) is 13.5 Å². The van der Waals surface area contributed by atoms with Gasteiger partial charge in [0, 0.05) is 16.6 Å². The minimum absolute atomic E-state index is 0.142. The summed E-state index contributed by atoms with van der Waals surface area (Å²) in [6, 6.07) is 8.53. The summed E-state index contributed by atoms with van der Waals surface area (Å²) in [5, 5.41) is 17.8. The Kier molecular flexibility index (Phi) is 4.41. The normalized spacial score (nSPS) is 10.8. The van der Waals surface area contributed by atoms with E-state index < -0.39 is 11.8 Å². The first-order valence-corrected chi connectivity index (χ1v) is 7.72. The number of carboxylic acid groups (broad SMARTS) is 1. The number of aromatic nitrogens is 3. The molecule has 0 bridgehead atoms. The quantitative estimate of drug-likeness (QED) is 0.556. The minimum Gasteiger partial charge on any atom is -0.497 e. The van der Waals surface area contributed by atoms with Crippen LogP contribution in [0.25, 0.3) is 10.9 Å². The Hall–Kier alpha value is -2.93. The van der Waals surface area contributed by atoms with Gasteiger partial charge in [0.25, 0.3) is 5.78 Å². The van der Waals surface area contributed by atoms with E-state index in [1.807, 2.05) is 4.57 Å². The lowest BCUT2D eigenvalue weighted by molar-refractivity contribution is -0.131. The summed E-state index contributed by atoms with van der Waals surface area (Å²) in [6.45, 7) is 2.03. The average Bonchev–Trinajstić information content (AvgIpc) is 2.87. The molecule has 0 amide bonds. The van der Waals surface area contributed by atoms with Crippen LogP contribution in [-0.4, -0.2) is 38.7 Å². The van der Waals surface area contributed by atoms with Gasteiger partial charge in [-0.1, -0.05) is 11.6 Å². The van der Waals surface area contributed by atoms with Crippen molar-refractivity contribution in [1.82, 2.24) is 14.8 Å². The SMILES string of the molecule is COc1ccc2c(c1)c(C(=O)C(=O)O)c(C)n2Cc1ccc(Cl)nn1. The highest BCUT2D eigenvalue weighted by atomic mass is 35.5. The number of benzene rings is 1. The summed E-state index contributed by atoms with van der Waals surface area (Å²) in [4.78, 5) is 23.4. The summed E-state index contributed by atoms with van der Waals surface area (Å²) in [5.41, 5.74) is 2.02. The summed E-state index contributed by atoms with van der Waals surface area (Å²) < 4.78 is 7.02. The number of carboxylic acids is 1. The number of Topliss-reactive ketones (excluding diaryl/α,β-unsaturated/α-hetero) is 1. The number of fused-ring (bicyclic) bond motifs is 1. The highest BCUT2D eigenvalue weighted by Crippen LogP contribution is 2.30.